The van der Waals surface area contributed by atoms with E-state index in [2.05, 4.69) is 0 Å². The number of ether oxygens (including phenoxy) is 1. The van der Waals surface area contributed by atoms with E-state index in [4.69, 9.17) is 4.74 Å². The Labute approximate surface area is 142 Å². The first-order valence-corrected chi connectivity index (χ1v) is 8.54. The zero-order chi connectivity index (χ0) is 17.7. The summed E-state index contributed by atoms with van der Waals surface area (Å²) in [6.45, 7) is 7.69. The van der Waals surface area contributed by atoms with E-state index in [1.54, 1.807) is 17.0 Å². The summed E-state index contributed by atoms with van der Waals surface area (Å²) >= 11 is 0. The molecule has 0 aliphatic carbocycles. The predicted octanol–water partition coefficient (Wildman–Crippen LogP) is 2.40. The number of anilines is 1. The summed E-state index contributed by atoms with van der Waals surface area (Å²) in [7, 11) is 0. The number of ketones is 1. The first kappa shape index (κ1) is 17.1. The van der Waals surface area contributed by atoms with E-state index in [1.807, 2.05) is 39.8 Å². The summed E-state index contributed by atoms with van der Waals surface area (Å²) < 4.78 is 5.76. The minimum absolute atomic E-state index is 0.0521. The van der Waals surface area contributed by atoms with Crippen molar-refractivity contribution < 1.29 is 19.4 Å². The van der Waals surface area contributed by atoms with Gasteiger partial charge in [0.1, 0.15) is 5.78 Å². The van der Waals surface area contributed by atoms with Crippen LogP contribution in [0.1, 0.15) is 46.1 Å². The van der Waals surface area contributed by atoms with Gasteiger partial charge in [0, 0.05) is 18.0 Å². The molecule has 0 bridgehead atoms. The van der Waals surface area contributed by atoms with Gasteiger partial charge >= 0.3 is 0 Å². The number of carbonyl (C=O) groups is 2. The number of nitrogens with zero attached hydrogens (tertiary/aromatic N) is 1. The van der Waals surface area contributed by atoms with Crippen LogP contribution in [-0.2, 0) is 19.9 Å². The van der Waals surface area contributed by atoms with Crippen LogP contribution in [0.4, 0.5) is 5.69 Å². The number of para-hydroxylation sites is 1. The molecule has 1 aromatic rings. The third-order valence-electron chi connectivity index (χ3n) is 5.28. The maximum Gasteiger partial charge on any atom is 0.264 e. The third-order valence-corrected chi connectivity index (χ3v) is 5.28. The Kier molecular flexibility index (Phi) is 4.04. The van der Waals surface area contributed by atoms with E-state index in [1.165, 1.54) is 0 Å². The smallest absolute Gasteiger partial charge is 0.264 e. The first-order chi connectivity index (χ1) is 11.2. The molecule has 24 heavy (non-hydrogen) atoms. The van der Waals surface area contributed by atoms with Gasteiger partial charge in [0.05, 0.1) is 23.8 Å². The summed E-state index contributed by atoms with van der Waals surface area (Å²) in [5.74, 6) is -1.41. The van der Waals surface area contributed by atoms with Crippen molar-refractivity contribution >= 4 is 17.4 Å². The molecule has 3 rings (SSSR count). The van der Waals surface area contributed by atoms with Crippen LogP contribution in [-0.4, -0.2) is 35.0 Å². The van der Waals surface area contributed by atoms with Crippen LogP contribution < -0.4 is 4.90 Å². The standard InChI is InChI=1S/C19H25NO4/c1-5-12(2)20-15-9-7-6-8-13(15)19(23,17(20)22)14-11-24-18(3,4)10-16(14)21/h6-9,12,14,23H,5,10-11H2,1-4H3. The van der Waals surface area contributed by atoms with Crippen LogP contribution in [0.3, 0.4) is 0 Å². The van der Waals surface area contributed by atoms with Gasteiger partial charge in [0.25, 0.3) is 5.91 Å². The summed E-state index contributed by atoms with van der Waals surface area (Å²) in [6, 6.07) is 7.15. The van der Waals surface area contributed by atoms with Crippen LogP contribution in [0.15, 0.2) is 24.3 Å². The van der Waals surface area contributed by atoms with Crippen molar-refractivity contribution in [3.63, 3.8) is 0 Å². The summed E-state index contributed by atoms with van der Waals surface area (Å²) in [6.07, 6.45) is 0.955. The van der Waals surface area contributed by atoms with Crippen molar-refractivity contribution in [2.45, 2.75) is 57.8 Å². The fourth-order valence-electron chi connectivity index (χ4n) is 3.72. The number of fused-ring (bicyclic) bond motifs is 1. The van der Waals surface area contributed by atoms with Crippen molar-refractivity contribution in [1.82, 2.24) is 0 Å². The highest BCUT2D eigenvalue weighted by Crippen LogP contribution is 2.48. The normalized spacial score (nSPS) is 30.4. The Hall–Kier alpha value is -1.72. The molecular formula is C19H25NO4. The lowest BCUT2D eigenvalue weighted by molar-refractivity contribution is -0.172. The second-order valence-corrected chi connectivity index (χ2v) is 7.48. The minimum atomic E-state index is -1.84. The van der Waals surface area contributed by atoms with Gasteiger partial charge < -0.3 is 14.7 Å². The highest BCUT2D eigenvalue weighted by Gasteiger charge is 2.59. The third kappa shape index (κ3) is 2.38. The molecule has 3 unspecified atom stereocenters. The van der Waals surface area contributed by atoms with Crippen molar-refractivity contribution in [3.8, 4) is 0 Å². The van der Waals surface area contributed by atoms with Gasteiger partial charge in [-0.05, 0) is 33.3 Å². The zero-order valence-electron chi connectivity index (χ0n) is 14.7. The number of benzene rings is 1. The molecule has 5 nitrogen and oxygen atoms in total. The molecule has 1 N–H and O–H groups in total. The maximum atomic E-state index is 13.2. The van der Waals surface area contributed by atoms with Crippen LogP contribution >= 0.6 is 0 Å². The molecule has 1 amide bonds. The van der Waals surface area contributed by atoms with E-state index in [-0.39, 0.29) is 24.9 Å². The van der Waals surface area contributed by atoms with Gasteiger partial charge in [-0.15, -0.1) is 0 Å². The molecule has 2 heterocycles. The second kappa shape index (κ2) is 5.67. The van der Waals surface area contributed by atoms with E-state index in [9.17, 15) is 14.7 Å². The lowest BCUT2D eigenvalue weighted by Gasteiger charge is -2.39. The predicted molar refractivity (Wildman–Crippen MR) is 90.7 cm³/mol. The van der Waals surface area contributed by atoms with E-state index < -0.39 is 23.0 Å². The number of hydrogen-bond donors (Lipinski definition) is 1. The second-order valence-electron chi connectivity index (χ2n) is 7.48. The molecular weight excluding hydrogens is 306 g/mol. The fraction of sp³-hybridized carbons (Fsp3) is 0.579. The van der Waals surface area contributed by atoms with Crippen molar-refractivity contribution in [1.29, 1.82) is 0 Å². The molecule has 0 radical (unpaired) electrons. The number of Topliss-reactive ketones (excluding diaryl/α,β-unsaturated/α-hetero) is 1. The van der Waals surface area contributed by atoms with Gasteiger partial charge in [-0.25, -0.2) is 0 Å². The van der Waals surface area contributed by atoms with Gasteiger partial charge in [0.2, 0.25) is 0 Å². The van der Waals surface area contributed by atoms with Gasteiger partial charge in [-0.3, -0.25) is 9.59 Å². The number of rotatable bonds is 3. The molecule has 0 saturated carbocycles. The largest absolute Gasteiger partial charge is 0.375 e. The molecule has 1 fully saturated rings. The quantitative estimate of drug-likeness (QED) is 0.923. The highest BCUT2D eigenvalue weighted by atomic mass is 16.5. The van der Waals surface area contributed by atoms with E-state index in [0.29, 0.717) is 11.3 Å². The molecule has 0 aromatic heterocycles. The molecule has 3 atom stereocenters. The summed E-state index contributed by atoms with van der Waals surface area (Å²) in [4.78, 5) is 27.5. The Morgan fingerprint density at radius 3 is 2.62 bits per heavy atom. The van der Waals surface area contributed by atoms with E-state index >= 15 is 0 Å². The van der Waals surface area contributed by atoms with Crippen molar-refractivity contribution in [3.05, 3.63) is 29.8 Å². The molecule has 2 aliphatic heterocycles. The lowest BCUT2D eigenvalue weighted by atomic mass is 9.76. The zero-order valence-corrected chi connectivity index (χ0v) is 14.7. The molecule has 2 aliphatic rings. The molecule has 130 valence electrons. The van der Waals surface area contributed by atoms with Crippen molar-refractivity contribution in [2.75, 3.05) is 11.5 Å². The summed E-state index contributed by atoms with van der Waals surface area (Å²) in [5.41, 5.74) is -1.19. The van der Waals surface area contributed by atoms with Gasteiger partial charge in [-0.2, -0.15) is 0 Å². The average Bonchev–Trinajstić information content (AvgIpc) is 2.75. The monoisotopic (exact) mass is 331 g/mol. The van der Waals surface area contributed by atoms with Crippen LogP contribution in [0.5, 0.6) is 0 Å². The maximum absolute atomic E-state index is 13.2. The topological polar surface area (TPSA) is 66.8 Å². The summed E-state index contributed by atoms with van der Waals surface area (Å²) in [5, 5.41) is 11.4. The van der Waals surface area contributed by atoms with Gasteiger partial charge in [-0.1, -0.05) is 25.1 Å². The van der Waals surface area contributed by atoms with Crippen LogP contribution in [0.2, 0.25) is 0 Å². The lowest BCUT2D eigenvalue weighted by Crippen LogP contribution is -2.55. The van der Waals surface area contributed by atoms with E-state index in [0.717, 1.165) is 6.42 Å². The SMILES string of the molecule is CCC(C)N1C(=O)C(O)(C2COC(C)(C)CC2=O)c2ccccc21. The Morgan fingerprint density at radius 2 is 2.00 bits per heavy atom. The highest BCUT2D eigenvalue weighted by molar-refractivity contribution is 6.10. The fourth-order valence-corrected chi connectivity index (χ4v) is 3.72. The number of hydrogen-bond acceptors (Lipinski definition) is 4. The Balaban J connectivity index is 2.07. The molecule has 5 heteroatoms. The molecule has 0 spiro atoms. The number of carbonyl (C=O) groups excluding carboxylic acids is 2. The van der Waals surface area contributed by atoms with Crippen molar-refractivity contribution in [2.24, 2.45) is 5.92 Å². The van der Waals surface area contributed by atoms with Crippen LogP contribution in [0, 0.1) is 5.92 Å². The average molecular weight is 331 g/mol. The minimum Gasteiger partial charge on any atom is -0.375 e. The first-order valence-electron chi connectivity index (χ1n) is 8.54. The number of amides is 1. The Bertz CT molecular complexity index is 684. The molecule has 1 saturated heterocycles. The van der Waals surface area contributed by atoms with Crippen LogP contribution in [0.25, 0.3) is 0 Å². The number of aliphatic hydroxyl groups is 1. The molecule has 1 aromatic carbocycles. The van der Waals surface area contributed by atoms with Gasteiger partial charge in [0.15, 0.2) is 5.60 Å². The Morgan fingerprint density at radius 1 is 1.33 bits per heavy atom.